The summed E-state index contributed by atoms with van der Waals surface area (Å²) in [6, 6.07) is 6.85. The second-order valence-corrected chi connectivity index (χ2v) is 4.04. The molecule has 90 valence electrons. The fraction of sp³-hybridized carbons (Fsp3) is 0.538. The third-order valence-corrected chi connectivity index (χ3v) is 2.61. The lowest BCUT2D eigenvalue weighted by atomic mass is 10.0. The number of hydrogen-bond donors (Lipinski definition) is 1. The number of ether oxygens (including phenoxy) is 1. The zero-order valence-corrected chi connectivity index (χ0v) is 9.79. The quantitative estimate of drug-likeness (QED) is 0.724. The standard InChI is InChI=1S/C13H20FNO/c1-16-9-5-4-7-12(15)10-11-6-2-3-8-13(11)14/h2-3,6,8,12H,4-5,7,9-10,15H2,1H3. The summed E-state index contributed by atoms with van der Waals surface area (Å²) in [7, 11) is 1.69. The summed E-state index contributed by atoms with van der Waals surface area (Å²) in [5.41, 5.74) is 6.66. The van der Waals surface area contributed by atoms with E-state index < -0.39 is 0 Å². The molecule has 0 radical (unpaired) electrons. The van der Waals surface area contributed by atoms with Crippen molar-refractivity contribution in [3.63, 3.8) is 0 Å². The van der Waals surface area contributed by atoms with Crippen LogP contribution in [0, 0.1) is 5.82 Å². The van der Waals surface area contributed by atoms with Crippen LogP contribution in [0.3, 0.4) is 0 Å². The Balaban J connectivity index is 2.28. The largest absolute Gasteiger partial charge is 0.385 e. The van der Waals surface area contributed by atoms with E-state index in [0.29, 0.717) is 12.0 Å². The predicted octanol–water partition coefficient (Wildman–Crippen LogP) is 2.51. The van der Waals surface area contributed by atoms with Gasteiger partial charge in [-0.3, -0.25) is 0 Å². The monoisotopic (exact) mass is 225 g/mol. The number of benzene rings is 1. The zero-order valence-electron chi connectivity index (χ0n) is 9.79. The molecule has 0 bridgehead atoms. The molecule has 2 nitrogen and oxygen atoms in total. The van der Waals surface area contributed by atoms with Crippen molar-refractivity contribution in [2.75, 3.05) is 13.7 Å². The molecule has 1 aromatic carbocycles. The van der Waals surface area contributed by atoms with Gasteiger partial charge in [-0.25, -0.2) is 4.39 Å². The van der Waals surface area contributed by atoms with Crippen LogP contribution >= 0.6 is 0 Å². The summed E-state index contributed by atoms with van der Waals surface area (Å²) in [4.78, 5) is 0. The summed E-state index contributed by atoms with van der Waals surface area (Å²) in [5, 5.41) is 0. The number of methoxy groups -OCH3 is 1. The molecule has 16 heavy (non-hydrogen) atoms. The SMILES string of the molecule is COCCCCC(N)Cc1ccccc1F. The second kappa shape index (κ2) is 7.36. The van der Waals surface area contributed by atoms with E-state index >= 15 is 0 Å². The van der Waals surface area contributed by atoms with E-state index in [4.69, 9.17) is 10.5 Å². The average molecular weight is 225 g/mol. The van der Waals surface area contributed by atoms with Crippen LogP contribution in [0.4, 0.5) is 4.39 Å². The van der Waals surface area contributed by atoms with Crippen LogP contribution < -0.4 is 5.73 Å². The molecular weight excluding hydrogens is 205 g/mol. The number of halogens is 1. The predicted molar refractivity (Wildman–Crippen MR) is 63.8 cm³/mol. The van der Waals surface area contributed by atoms with E-state index in [9.17, 15) is 4.39 Å². The molecule has 0 heterocycles. The fourth-order valence-corrected chi connectivity index (χ4v) is 1.70. The van der Waals surface area contributed by atoms with Crippen molar-refractivity contribution in [2.45, 2.75) is 31.7 Å². The first-order valence-corrected chi connectivity index (χ1v) is 5.72. The highest BCUT2D eigenvalue weighted by atomic mass is 19.1. The Kier molecular flexibility index (Phi) is 6.04. The fourth-order valence-electron chi connectivity index (χ4n) is 1.70. The maximum Gasteiger partial charge on any atom is 0.126 e. The van der Waals surface area contributed by atoms with Gasteiger partial charge >= 0.3 is 0 Å². The molecule has 0 saturated carbocycles. The van der Waals surface area contributed by atoms with Crippen LogP contribution in [0.2, 0.25) is 0 Å². The van der Waals surface area contributed by atoms with Gasteiger partial charge in [-0.2, -0.15) is 0 Å². The Morgan fingerprint density at radius 3 is 2.75 bits per heavy atom. The van der Waals surface area contributed by atoms with Gasteiger partial charge in [0.1, 0.15) is 5.82 Å². The minimum Gasteiger partial charge on any atom is -0.385 e. The molecule has 0 aliphatic heterocycles. The molecule has 1 aromatic rings. The second-order valence-electron chi connectivity index (χ2n) is 4.04. The van der Waals surface area contributed by atoms with Crippen LogP contribution in [0.25, 0.3) is 0 Å². The molecule has 0 aromatic heterocycles. The molecule has 1 unspecified atom stereocenters. The van der Waals surface area contributed by atoms with Gasteiger partial charge in [0.05, 0.1) is 0 Å². The summed E-state index contributed by atoms with van der Waals surface area (Å²) >= 11 is 0. The normalized spacial score (nSPS) is 12.7. The Bertz CT molecular complexity index is 304. The Hall–Kier alpha value is -0.930. The van der Waals surface area contributed by atoms with Crippen molar-refractivity contribution in [1.82, 2.24) is 0 Å². The van der Waals surface area contributed by atoms with E-state index in [-0.39, 0.29) is 11.9 Å². The van der Waals surface area contributed by atoms with E-state index in [2.05, 4.69) is 0 Å². The molecule has 1 rings (SSSR count). The smallest absolute Gasteiger partial charge is 0.126 e. The van der Waals surface area contributed by atoms with Crippen LogP contribution in [0.1, 0.15) is 24.8 Å². The zero-order chi connectivity index (χ0) is 11.8. The van der Waals surface area contributed by atoms with Crippen molar-refractivity contribution in [1.29, 1.82) is 0 Å². The molecule has 0 aliphatic carbocycles. The highest BCUT2D eigenvalue weighted by molar-refractivity contribution is 5.18. The maximum atomic E-state index is 13.3. The lowest BCUT2D eigenvalue weighted by Gasteiger charge is -2.11. The molecule has 0 saturated heterocycles. The van der Waals surface area contributed by atoms with Crippen molar-refractivity contribution in [3.05, 3.63) is 35.6 Å². The van der Waals surface area contributed by atoms with Gasteiger partial charge in [-0.1, -0.05) is 18.2 Å². The highest BCUT2D eigenvalue weighted by Crippen LogP contribution is 2.11. The summed E-state index contributed by atoms with van der Waals surface area (Å²) in [5.74, 6) is -0.158. The van der Waals surface area contributed by atoms with Gasteiger partial charge in [-0.15, -0.1) is 0 Å². The van der Waals surface area contributed by atoms with E-state index in [1.165, 1.54) is 6.07 Å². The lowest BCUT2D eigenvalue weighted by molar-refractivity contribution is 0.191. The molecule has 0 fully saturated rings. The van der Waals surface area contributed by atoms with E-state index in [1.54, 1.807) is 19.2 Å². The lowest BCUT2D eigenvalue weighted by Crippen LogP contribution is -2.23. The first-order valence-electron chi connectivity index (χ1n) is 5.72. The summed E-state index contributed by atoms with van der Waals surface area (Å²) in [6.45, 7) is 0.770. The molecule has 3 heteroatoms. The summed E-state index contributed by atoms with van der Waals surface area (Å²) < 4.78 is 18.3. The van der Waals surface area contributed by atoms with Gasteiger partial charge in [-0.05, 0) is 37.3 Å². The highest BCUT2D eigenvalue weighted by Gasteiger charge is 2.07. The molecule has 0 aliphatic rings. The van der Waals surface area contributed by atoms with Crippen molar-refractivity contribution in [2.24, 2.45) is 5.73 Å². The van der Waals surface area contributed by atoms with Crippen molar-refractivity contribution >= 4 is 0 Å². The van der Waals surface area contributed by atoms with Crippen molar-refractivity contribution in [3.8, 4) is 0 Å². The number of hydrogen-bond acceptors (Lipinski definition) is 2. The summed E-state index contributed by atoms with van der Waals surface area (Å²) in [6.07, 6.45) is 3.57. The Morgan fingerprint density at radius 2 is 2.06 bits per heavy atom. The average Bonchev–Trinajstić information content (AvgIpc) is 2.28. The molecule has 1 atom stereocenters. The molecule has 2 N–H and O–H groups in total. The third kappa shape index (κ3) is 4.73. The maximum absolute atomic E-state index is 13.3. The van der Waals surface area contributed by atoms with Crippen LogP contribution in [0.15, 0.2) is 24.3 Å². The van der Waals surface area contributed by atoms with Gasteiger partial charge in [0.25, 0.3) is 0 Å². The number of nitrogens with two attached hydrogens (primary N) is 1. The van der Waals surface area contributed by atoms with E-state index in [0.717, 1.165) is 25.9 Å². The van der Waals surface area contributed by atoms with Gasteiger partial charge in [0, 0.05) is 19.8 Å². The van der Waals surface area contributed by atoms with Gasteiger partial charge in [0.2, 0.25) is 0 Å². The minimum absolute atomic E-state index is 0.0359. The third-order valence-electron chi connectivity index (χ3n) is 2.61. The first kappa shape index (κ1) is 13.1. The van der Waals surface area contributed by atoms with Crippen LogP contribution in [-0.4, -0.2) is 19.8 Å². The molecule has 0 spiro atoms. The van der Waals surface area contributed by atoms with Crippen molar-refractivity contribution < 1.29 is 9.13 Å². The Labute approximate surface area is 96.6 Å². The Morgan fingerprint density at radius 1 is 1.31 bits per heavy atom. The van der Waals surface area contributed by atoms with Crippen LogP contribution in [-0.2, 0) is 11.2 Å². The topological polar surface area (TPSA) is 35.2 Å². The molecule has 0 amide bonds. The minimum atomic E-state index is -0.158. The van der Waals surface area contributed by atoms with Gasteiger partial charge in [0.15, 0.2) is 0 Å². The van der Waals surface area contributed by atoms with Crippen LogP contribution in [0.5, 0.6) is 0 Å². The van der Waals surface area contributed by atoms with E-state index in [1.807, 2.05) is 6.07 Å². The van der Waals surface area contributed by atoms with Gasteiger partial charge < -0.3 is 10.5 Å². The molecular formula is C13H20FNO. The number of rotatable bonds is 7. The first-order chi connectivity index (χ1) is 7.74. The number of unbranched alkanes of at least 4 members (excludes halogenated alkanes) is 1.